The van der Waals surface area contributed by atoms with Crippen LogP contribution in [0.25, 0.3) is 0 Å². The minimum Gasteiger partial charge on any atom is -0.496 e. The van der Waals surface area contributed by atoms with E-state index >= 15 is 0 Å². The number of hydrogen-bond acceptors (Lipinski definition) is 2. The molecule has 0 saturated carbocycles. The first kappa shape index (κ1) is 13.3. The molecular weight excluding hydrogens is 222 g/mol. The molecule has 1 N–H and O–H groups in total. The summed E-state index contributed by atoms with van der Waals surface area (Å²) in [6.45, 7) is 5.22. The molecular formula is C13H20ClNO. The molecule has 0 aliphatic heterocycles. The Hall–Kier alpha value is -0.730. The normalized spacial score (nSPS) is 10.8. The van der Waals surface area contributed by atoms with Crippen LogP contribution in [0.1, 0.15) is 32.3 Å². The highest BCUT2D eigenvalue weighted by atomic mass is 35.5. The molecule has 0 unspecified atom stereocenters. The highest BCUT2D eigenvalue weighted by Gasteiger charge is 2.06. The molecule has 1 aromatic carbocycles. The first-order chi connectivity index (χ1) is 7.71. The van der Waals surface area contributed by atoms with E-state index in [9.17, 15) is 0 Å². The van der Waals surface area contributed by atoms with Crippen molar-refractivity contribution in [3.05, 3.63) is 28.8 Å². The number of hydrogen-bond donors (Lipinski definition) is 1. The molecule has 0 aromatic heterocycles. The van der Waals surface area contributed by atoms with Crippen LogP contribution in [-0.4, -0.2) is 13.2 Å². The lowest BCUT2D eigenvalue weighted by Crippen LogP contribution is -2.27. The van der Waals surface area contributed by atoms with E-state index < -0.39 is 0 Å². The van der Waals surface area contributed by atoms with Crippen LogP contribution in [0.3, 0.4) is 0 Å². The maximum Gasteiger partial charge on any atom is 0.124 e. The Morgan fingerprint density at radius 2 is 2.00 bits per heavy atom. The van der Waals surface area contributed by atoms with Crippen LogP contribution in [0.15, 0.2) is 18.2 Å². The van der Waals surface area contributed by atoms with Gasteiger partial charge in [-0.3, -0.25) is 0 Å². The van der Waals surface area contributed by atoms with Crippen molar-refractivity contribution in [1.29, 1.82) is 0 Å². The van der Waals surface area contributed by atoms with E-state index in [2.05, 4.69) is 19.2 Å². The smallest absolute Gasteiger partial charge is 0.124 e. The van der Waals surface area contributed by atoms with Gasteiger partial charge in [-0.05, 0) is 25.0 Å². The summed E-state index contributed by atoms with van der Waals surface area (Å²) in [6.07, 6.45) is 2.29. The molecule has 0 heterocycles. The molecule has 1 aromatic rings. The summed E-state index contributed by atoms with van der Waals surface area (Å²) in [5, 5.41) is 4.22. The largest absolute Gasteiger partial charge is 0.496 e. The van der Waals surface area contributed by atoms with Gasteiger partial charge in [0.05, 0.1) is 7.11 Å². The number of halogens is 1. The van der Waals surface area contributed by atoms with Gasteiger partial charge in [0.25, 0.3) is 0 Å². The highest BCUT2D eigenvalue weighted by Crippen LogP contribution is 2.23. The van der Waals surface area contributed by atoms with Gasteiger partial charge in [0.1, 0.15) is 5.75 Å². The molecule has 0 radical (unpaired) electrons. The van der Waals surface area contributed by atoms with Crippen molar-refractivity contribution in [1.82, 2.24) is 5.32 Å². The second-order valence-electron chi connectivity index (χ2n) is 3.85. The Kier molecular flexibility index (Phi) is 5.64. The van der Waals surface area contributed by atoms with E-state index in [-0.39, 0.29) is 0 Å². The number of rotatable bonds is 6. The fraction of sp³-hybridized carbons (Fsp3) is 0.538. The summed E-state index contributed by atoms with van der Waals surface area (Å²) in [5.41, 5.74) is 1.15. The van der Waals surface area contributed by atoms with Crippen molar-refractivity contribution in [3.8, 4) is 5.75 Å². The first-order valence-electron chi connectivity index (χ1n) is 5.77. The van der Waals surface area contributed by atoms with Gasteiger partial charge >= 0.3 is 0 Å². The van der Waals surface area contributed by atoms with E-state index in [1.807, 2.05) is 18.2 Å². The summed E-state index contributed by atoms with van der Waals surface area (Å²) >= 11 is 5.91. The lowest BCUT2D eigenvalue weighted by molar-refractivity contribution is 0.403. The second-order valence-corrected chi connectivity index (χ2v) is 4.29. The van der Waals surface area contributed by atoms with Gasteiger partial charge in [-0.2, -0.15) is 0 Å². The minimum absolute atomic E-state index is 0.570. The molecule has 0 atom stereocenters. The number of benzene rings is 1. The van der Waals surface area contributed by atoms with E-state index in [0.29, 0.717) is 11.1 Å². The molecule has 0 aliphatic carbocycles. The fourth-order valence-electron chi connectivity index (χ4n) is 1.70. The van der Waals surface area contributed by atoms with Gasteiger partial charge in [0.15, 0.2) is 0 Å². The highest BCUT2D eigenvalue weighted by molar-refractivity contribution is 6.30. The van der Waals surface area contributed by atoms with Crippen LogP contribution < -0.4 is 10.1 Å². The molecule has 0 fully saturated rings. The standard InChI is InChI=1S/C13H20ClNO/c1-4-12(5-2)15-9-10-6-7-11(14)8-13(10)16-3/h6-8,12,15H,4-5,9H2,1-3H3. The maximum atomic E-state index is 5.91. The molecule has 1 rings (SSSR count). The Labute approximate surface area is 103 Å². The second kappa shape index (κ2) is 6.77. The van der Waals surface area contributed by atoms with Crippen LogP contribution in [0, 0.1) is 0 Å². The summed E-state index contributed by atoms with van der Waals surface area (Å²) < 4.78 is 5.30. The van der Waals surface area contributed by atoms with Crippen molar-refractivity contribution in [2.45, 2.75) is 39.3 Å². The predicted molar refractivity (Wildman–Crippen MR) is 69.2 cm³/mol. The summed E-state index contributed by atoms with van der Waals surface area (Å²) in [6, 6.07) is 6.33. The number of methoxy groups -OCH3 is 1. The molecule has 0 spiro atoms. The van der Waals surface area contributed by atoms with Crippen LogP contribution in [0.2, 0.25) is 5.02 Å². The molecule has 90 valence electrons. The topological polar surface area (TPSA) is 21.3 Å². The maximum absolute atomic E-state index is 5.91. The zero-order valence-electron chi connectivity index (χ0n) is 10.2. The van der Waals surface area contributed by atoms with E-state index in [1.54, 1.807) is 7.11 Å². The van der Waals surface area contributed by atoms with Crippen molar-refractivity contribution in [2.75, 3.05) is 7.11 Å². The average molecular weight is 242 g/mol. The van der Waals surface area contributed by atoms with Crippen LogP contribution in [-0.2, 0) is 6.54 Å². The Morgan fingerprint density at radius 3 is 2.56 bits per heavy atom. The zero-order valence-corrected chi connectivity index (χ0v) is 11.0. The van der Waals surface area contributed by atoms with Gasteiger partial charge in [0.2, 0.25) is 0 Å². The lowest BCUT2D eigenvalue weighted by atomic mass is 10.1. The van der Waals surface area contributed by atoms with Crippen molar-refractivity contribution >= 4 is 11.6 Å². The monoisotopic (exact) mass is 241 g/mol. The molecule has 0 aliphatic rings. The number of nitrogens with one attached hydrogen (secondary N) is 1. The van der Waals surface area contributed by atoms with Gasteiger partial charge in [-0.25, -0.2) is 0 Å². The van der Waals surface area contributed by atoms with E-state index in [4.69, 9.17) is 16.3 Å². The van der Waals surface area contributed by atoms with Crippen LogP contribution in [0.5, 0.6) is 5.75 Å². The third kappa shape index (κ3) is 3.69. The van der Waals surface area contributed by atoms with Gasteiger partial charge < -0.3 is 10.1 Å². The molecule has 3 heteroatoms. The average Bonchev–Trinajstić information content (AvgIpc) is 2.31. The van der Waals surface area contributed by atoms with E-state index in [0.717, 1.165) is 30.7 Å². The minimum atomic E-state index is 0.570. The molecule has 0 saturated heterocycles. The SMILES string of the molecule is CCC(CC)NCc1ccc(Cl)cc1OC. The Balaban J connectivity index is 2.65. The van der Waals surface area contributed by atoms with Gasteiger partial charge in [0, 0.05) is 23.2 Å². The van der Waals surface area contributed by atoms with Crippen molar-refractivity contribution in [3.63, 3.8) is 0 Å². The number of ether oxygens (including phenoxy) is 1. The Bertz CT molecular complexity index is 324. The van der Waals surface area contributed by atoms with Crippen LogP contribution >= 0.6 is 11.6 Å². The predicted octanol–water partition coefficient (Wildman–Crippen LogP) is 3.63. The molecule has 0 amide bonds. The van der Waals surface area contributed by atoms with E-state index in [1.165, 1.54) is 0 Å². The van der Waals surface area contributed by atoms with Gasteiger partial charge in [-0.1, -0.05) is 31.5 Å². The molecule has 0 bridgehead atoms. The Morgan fingerprint density at radius 1 is 1.31 bits per heavy atom. The summed E-state index contributed by atoms with van der Waals surface area (Å²) in [7, 11) is 1.67. The summed E-state index contributed by atoms with van der Waals surface area (Å²) in [4.78, 5) is 0. The van der Waals surface area contributed by atoms with Crippen molar-refractivity contribution in [2.24, 2.45) is 0 Å². The van der Waals surface area contributed by atoms with Crippen molar-refractivity contribution < 1.29 is 4.74 Å². The molecule has 16 heavy (non-hydrogen) atoms. The fourth-order valence-corrected chi connectivity index (χ4v) is 1.86. The van der Waals surface area contributed by atoms with Crippen LogP contribution in [0.4, 0.5) is 0 Å². The molecule has 2 nitrogen and oxygen atoms in total. The zero-order chi connectivity index (χ0) is 12.0. The third-order valence-electron chi connectivity index (χ3n) is 2.82. The summed E-state index contributed by atoms with van der Waals surface area (Å²) in [5.74, 6) is 0.853. The van der Waals surface area contributed by atoms with Gasteiger partial charge in [-0.15, -0.1) is 0 Å². The third-order valence-corrected chi connectivity index (χ3v) is 3.05. The quantitative estimate of drug-likeness (QED) is 0.821. The first-order valence-corrected chi connectivity index (χ1v) is 6.14. The lowest BCUT2D eigenvalue weighted by Gasteiger charge is -2.16.